The van der Waals surface area contributed by atoms with Crippen LogP contribution in [0.3, 0.4) is 0 Å². The predicted octanol–water partition coefficient (Wildman–Crippen LogP) is 6.12. The molecular formula is C24H24F3N3O. The van der Waals surface area contributed by atoms with Crippen molar-refractivity contribution in [1.82, 2.24) is 9.88 Å². The highest BCUT2D eigenvalue weighted by Crippen LogP contribution is 2.32. The maximum absolute atomic E-state index is 13.4. The van der Waals surface area contributed by atoms with Crippen molar-refractivity contribution >= 4 is 28.3 Å². The standard InChI is InChI=1S/C24H24F3N3O/c1-15-10-16(2)14-30(13-15)23(31)20-12-22(29-21-9-4-3-8-19(20)21)28-18-7-5-6-17(11-18)24(25,26)27/h3-9,11-12,15-16H,10,13-14H2,1-2H3,(H,28,29)/t15-,16-/m1/s1. The van der Waals surface area contributed by atoms with Gasteiger partial charge in [0.05, 0.1) is 16.6 Å². The third kappa shape index (κ3) is 4.65. The highest BCUT2D eigenvalue weighted by molar-refractivity contribution is 6.07. The van der Waals surface area contributed by atoms with Gasteiger partial charge in [-0.2, -0.15) is 13.2 Å². The van der Waals surface area contributed by atoms with Gasteiger partial charge in [-0.15, -0.1) is 0 Å². The van der Waals surface area contributed by atoms with Crippen LogP contribution < -0.4 is 5.32 Å². The number of para-hydroxylation sites is 1. The van der Waals surface area contributed by atoms with E-state index in [0.717, 1.165) is 23.9 Å². The number of nitrogens with zero attached hydrogens (tertiary/aromatic N) is 2. The van der Waals surface area contributed by atoms with Crippen molar-refractivity contribution in [3.8, 4) is 0 Å². The molecule has 1 N–H and O–H groups in total. The monoisotopic (exact) mass is 427 g/mol. The molecule has 4 nitrogen and oxygen atoms in total. The number of halogens is 3. The van der Waals surface area contributed by atoms with Crippen molar-refractivity contribution < 1.29 is 18.0 Å². The number of alkyl halides is 3. The van der Waals surface area contributed by atoms with Gasteiger partial charge in [0.1, 0.15) is 5.82 Å². The van der Waals surface area contributed by atoms with Crippen LogP contribution in [-0.4, -0.2) is 28.9 Å². The molecule has 0 bridgehead atoms. The molecule has 1 aromatic heterocycles. The molecule has 2 heterocycles. The number of aromatic nitrogens is 1. The molecule has 7 heteroatoms. The van der Waals surface area contributed by atoms with Gasteiger partial charge in [-0.25, -0.2) is 4.98 Å². The highest BCUT2D eigenvalue weighted by atomic mass is 19.4. The van der Waals surface area contributed by atoms with Crippen molar-refractivity contribution in [3.05, 3.63) is 65.7 Å². The third-order valence-electron chi connectivity index (χ3n) is 5.56. The first-order valence-corrected chi connectivity index (χ1v) is 10.3. The van der Waals surface area contributed by atoms with Crippen molar-refractivity contribution in [2.75, 3.05) is 18.4 Å². The average Bonchev–Trinajstić information content (AvgIpc) is 2.71. The minimum atomic E-state index is -4.43. The maximum atomic E-state index is 13.4. The van der Waals surface area contributed by atoms with Gasteiger partial charge in [0.2, 0.25) is 0 Å². The predicted molar refractivity (Wildman–Crippen MR) is 115 cm³/mol. The molecule has 0 unspecified atom stereocenters. The van der Waals surface area contributed by atoms with E-state index in [0.29, 0.717) is 41.8 Å². The quantitative estimate of drug-likeness (QED) is 0.548. The van der Waals surface area contributed by atoms with E-state index in [4.69, 9.17) is 0 Å². The number of pyridine rings is 1. The molecule has 1 saturated heterocycles. The lowest BCUT2D eigenvalue weighted by Gasteiger charge is -2.35. The summed E-state index contributed by atoms with van der Waals surface area (Å²) in [6, 6.07) is 13.9. The summed E-state index contributed by atoms with van der Waals surface area (Å²) in [5, 5.41) is 3.67. The third-order valence-corrected chi connectivity index (χ3v) is 5.56. The number of anilines is 2. The number of rotatable bonds is 3. The van der Waals surface area contributed by atoms with E-state index >= 15 is 0 Å². The number of hydrogen-bond acceptors (Lipinski definition) is 3. The molecule has 3 aromatic rings. The van der Waals surface area contributed by atoms with Gasteiger partial charge in [0.25, 0.3) is 5.91 Å². The van der Waals surface area contributed by atoms with Crippen LogP contribution in [0, 0.1) is 11.8 Å². The number of carbonyl (C=O) groups excluding carboxylic acids is 1. The molecule has 1 amide bonds. The normalized spacial score (nSPS) is 19.5. The summed E-state index contributed by atoms with van der Waals surface area (Å²) in [7, 11) is 0. The lowest BCUT2D eigenvalue weighted by molar-refractivity contribution is -0.137. The Bertz CT molecular complexity index is 1100. The van der Waals surface area contributed by atoms with Crippen LogP contribution >= 0.6 is 0 Å². The molecule has 2 atom stereocenters. The molecule has 0 radical (unpaired) electrons. The van der Waals surface area contributed by atoms with Crippen molar-refractivity contribution in [3.63, 3.8) is 0 Å². The van der Waals surface area contributed by atoms with Gasteiger partial charge < -0.3 is 10.2 Å². The molecule has 0 saturated carbocycles. The summed E-state index contributed by atoms with van der Waals surface area (Å²) < 4.78 is 39.2. The second-order valence-electron chi connectivity index (χ2n) is 8.43. The molecule has 0 spiro atoms. The summed E-state index contributed by atoms with van der Waals surface area (Å²) in [5.74, 6) is 1.09. The van der Waals surface area contributed by atoms with Gasteiger partial charge in [0.15, 0.2) is 0 Å². The Morgan fingerprint density at radius 2 is 1.74 bits per heavy atom. The smallest absolute Gasteiger partial charge is 0.340 e. The second kappa shape index (κ2) is 8.21. The van der Waals surface area contributed by atoms with E-state index in [1.54, 1.807) is 18.2 Å². The molecule has 162 valence electrons. The molecule has 0 aliphatic carbocycles. The lowest BCUT2D eigenvalue weighted by Crippen LogP contribution is -2.42. The summed E-state index contributed by atoms with van der Waals surface area (Å²) in [6.45, 7) is 5.66. The Morgan fingerprint density at radius 3 is 2.45 bits per heavy atom. The maximum Gasteiger partial charge on any atom is 0.416 e. The number of hydrogen-bond donors (Lipinski definition) is 1. The van der Waals surface area contributed by atoms with E-state index in [-0.39, 0.29) is 11.6 Å². The molecule has 31 heavy (non-hydrogen) atoms. The number of nitrogens with one attached hydrogen (secondary N) is 1. The average molecular weight is 427 g/mol. The zero-order valence-electron chi connectivity index (χ0n) is 17.4. The lowest BCUT2D eigenvalue weighted by atomic mass is 9.91. The Morgan fingerprint density at radius 1 is 1.03 bits per heavy atom. The minimum absolute atomic E-state index is 0.0795. The Labute approximate surface area is 179 Å². The molecule has 2 aromatic carbocycles. The van der Waals surface area contributed by atoms with E-state index < -0.39 is 11.7 Å². The van der Waals surface area contributed by atoms with Crippen LogP contribution in [0.5, 0.6) is 0 Å². The second-order valence-corrected chi connectivity index (χ2v) is 8.43. The molecule has 1 fully saturated rings. The number of likely N-dealkylation sites (tertiary alicyclic amines) is 1. The molecule has 1 aliphatic rings. The van der Waals surface area contributed by atoms with Gasteiger partial charge >= 0.3 is 6.18 Å². The van der Waals surface area contributed by atoms with Crippen LogP contribution in [-0.2, 0) is 6.18 Å². The van der Waals surface area contributed by atoms with E-state index in [1.165, 1.54) is 6.07 Å². The Balaban J connectivity index is 1.71. The summed E-state index contributed by atoms with van der Waals surface area (Å²) in [4.78, 5) is 19.8. The van der Waals surface area contributed by atoms with Gasteiger partial charge in [-0.1, -0.05) is 38.1 Å². The summed E-state index contributed by atoms with van der Waals surface area (Å²) >= 11 is 0. The van der Waals surface area contributed by atoms with Gasteiger partial charge in [-0.3, -0.25) is 4.79 Å². The van der Waals surface area contributed by atoms with E-state index in [9.17, 15) is 18.0 Å². The highest BCUT2D eigenvalue weighted by Gasteiger charge is 2.30. The zero-order chi connectivity index (χ0) is 22.2. The number of piperidine rings is 1. The fraction of sp³-hybridized carbons (Fsp3) is 0.333. The van der Waals surface area contributed by atoms with Crippen molar-refractivity contribution in [2.24, 2.45) is 11.8 Å². The molecule has 4 rings (SSSR count). The zero-order valence-corrected chi connectivity index (χ0v) is 17.4. The largest absolute Gasteiger partial charge is 0.416 e. The summed E-state index contributed by atoms with van der Waals surface area (Å²) in [6.07, 6.45) is -3.35. The topological polar surface area (TPSA) is 45.2 Å². The van der Waals surface area contributed by atoms with E-state index in [1.807, 2.05) is 23.1 Å². The minimum Gasteiger partial charge on any atom is -0.340 e. The van der Waals surface area contributed by atoms with Crippen molar-refractivity contribution in [1.29, 1.82) is 0 Å². The Hall–Kier alpha value is -3.09. The van der Waals surface area contributed by atoms with Crippen LogP contribution in [0.2, 0.25) is 0 Å². The van der Waals surface area contributed by atoms with Gasteiger partial charge in [0, 0.05) is 24.2 Å². The SMILES string of the molecule is C[C@@H]1C[C@@H](C)CN(C(=O)c2cc(Nc3cccc(C(F)(F)F)c3)nc3ccccc23)C1. The number of fused-ring (bicyclic) bond motifs is 1. The number of carbonyl (C=O) groups is 1. The number of benzene rings is 2. The first-order valence-electron chi connectivity index (χ1n) is 10.3. The molecule has 1 aliphatic heterocycles. The molecular weight excluding hydrogens is 403 g/mol. The van der Waals surface area contributed by atoms with Crippen LogP contribution in [0.1, 0.15) is 36.2 Å². The summed E-state index contributed by atoms with van der Waals surface area (Å²) in [5.41, 5.74) is 0.629. The van der Waals surface area contributed by atoms with Crippen LogP contribution in [0.15, 0.2) is 54.6 Å². The Kier molecular flexibility index (Phi) is 5.60. The fourth-order valence-electron chi connectivity index (χ4n) is 4.34. The van der Waals surface area contributed by atoms with Crippen LogP contribution in [0.25, 0.3) is 10.9 Å². The van der Waals surface area contributed by atoms with E-state index in [2.05, 4.69) is 24.1 Å². The number of amides is 1. The fourth-order valence-corrected chi connectivity index (χ4v) is 4.34. The first-order chi connectivity index (χ1) is 14.7. The van der Waals surface area contributed by atoms with Crippen molar-refractivity contribution in [2.45, 2.75) is 26.4 Å². The van der Waals surface area contributed by atoms with Gasteiger partial charge in [-0.05, 0) is 48.6 Å². The first kappa shape index (κ1) is 21.2. The van der Waals surface area contributed by atoms with Crippen LogP contribution in [0.4, 0.5) is 24.7 Å².